The molecular weight excluding hydrogens is 276 g/mol. The van der Waals surface area contributed by atoms with Crippen molar-refractivity contribution in [3.63, 3.8) is 0 Å². The molecular formula is C15H17ClN2O2. The minimum absolute atomic E-state index is 0.110. The molecule has 0 aliphatic rings. The molecule has 0 fully saturated rings. The number of Topliss-reactive ketones (excluding diaryl/α,β-unsaturated/α-hetero) is 1. The van der Waals surface area contributed by atoms with Crippen molar-refractivity contribution in [3.8, 4) is 0 Å². The molecule has 0 aliphatic heterocycles. The number of amides is 1. The van der Waals surface area contributed by atoms with E-state index in [9.17, 15) is 9.59 Å². The highest BCUT2D eigenvalue weighted by Gasteiger charge is 2.32. The molecule has 1 aromatic carbocycles. The largest absolute Gasteiger partial charge is 0.361 e. The van der Waals surface area contributed by atoms with Crippen LogP contribution in [0.2, 0.25) is 0 Å². The number of benzene rings is 1. The number of rotatable bonds is 5. The highest BCUT2D eigenvalue weighted by Crippen LogP contribution is 2.17. The minimum atomic E-state index is -0.925. The predicted octanol–water partition coefficient (Wildman–Crippen LogP) is 2.87. The lowest BCUT2D eigenvalue weighted by atomic mass is 9.93. The van der Waals surface area contributed by atoms with Crippen LogP contribution in [0, 0.1) is 0 Å². The van der Waals surface area contributed by atoms with E-state index >= 15 is 0 Å². The summed E-state index contributed by atoms with van der Waals surface area (Å²) in [5.74, 6) is -0.560. The van der Waals surface area contributed by atoms with Crippen LogP contribution in [-0.4, -0.2) is 28.1 Å². The van der Waals surface area contributed by atoms with Crippen LogP contribution in [0.1, 0.15) is 30.6 Å². The Morgan fingerprint density at radius 3 is 2.75 bits per heavy atom. The Labute approximate surface area is 122 Å². The van der Waals surface area contributed by atoms with Gasteiger partial charge in [0.15, 0.2) is 5.78 Å². The van der Waals surface area contributed by atoms with Gasteiger partial charge in [0.2, 0.25) is 0 Å². The maximum Gasteiger partial charge on any atom is 0.252 e. The van der Waals surface area contributed by atoms with Crippen molar-refractivity contribution in [1.29, 1.82) is 0 Å². The SMILES string of the molecule is CCC(C)(NC(=O)c1ccc2[nH]ccc2c1)C(=O)CCl. The molecule has 20 heavy (non-hydrogen) atoms. The molecule has 0 saturated carbocycles. The van der Waals surface area contributed by atoms with Crippen molar-refractivity contribution in [2.24, 2.45) is 0 Å². The van der Waals surface area contributed by atoms with Crippen molar-refractivity contribution in [1.82, 2.24) is 10.3 Å². The van der Waals surface area contributed by atoms with Crippen LogP contribution in [0.3, 0.4) is 0 Å². The lowest BCUT2D eigenvalue weighted by Gasteiger charge is -2.27. The van der Waals surface area contributed by atoms with Crippen molar-refractivity contribution in [3.05, 3.63) is 36.0 Å². The number of hydrogen-bond acceptors (Lipinski definition) is 2. The zero-order chi connectivity index (χ0) is 14.8. The molecule has 2 N–H and O–H groups in total. The van der Waals surface area contributed by atoms with Gasteiger partial charge in [-0.05, 0) is 37.6 Å². The second kappa shape index (κ2) is 5.67. The van der Waals surface area contributed by atoms with E-state index in [1.165, 1.54) is 0 Å². The number of hydrogen-bond donors (Lipinski definition) is 2. The van der Waals surface area contributed by atoms with E-state index in [1.807, 2.05) is 25.3 Å². The fourth-order valence-corrected chi connectivity index (χ4v) is 2.31. The van der Waals surface area contributed by atoms with Crippen LogP contribution in [0.25, 0.3) is 10.9 Å². The molecule has 0 aliphatic carbocycles. The molecule has 0 radical (unpaired) electrons. The van der Waals surface area contributed by atoms with Gasteiger partial charge in [-0.15, -0.1) is 11.6 Å². The number of ketones is 1. The van der Waals surface area contributed by atoms with Crippen molar-refractivity contribution < 1.29 is 9.59 Å². The minimum Gasteiger partial charge on any atom is -0.361 e. The molecule has 2 aromatic rings. The molecule has 0 bridgehead atoms. The van der Waals surface area contributed by atoms with Gasteiger partial charge in [-0.1, -0.05) is 6.92 Å². The Kier molecular flexibility index (Phi) is 4.14. The standard InChI is InChI=1S/C15H17ClN2O2/c1-3-15(2,13(19)9-16)18-14(20)11-4-5-12-10(8-11)6-7-17-12/h4-8,17H,3,9H2,1-2H3,(H,18,20). The number of aromatic nitrogens is 1. The molecule has 1 atom stereocenters. The molecule has 106 valence electrons. The predicted molar refractivity (Wildman–Crippen MR) is 80.2 cm³/mol. The molecule has 1 heterocycles. The first-order valence-corrected chi connectivity index (χ1v) is 7.02. The number of carbonyl (C=O) groups is 2. The Morgan fingerprint density at radius 2 is 2.10 bits per heavy atom. The fraction of sp³-hybridized carbons (Fsp3) is 0.333. The van der Waals surface area contributed by atoms with E-state index in [1.54, 1.807) is 19.1 Å². The lowest BCUT2D eigenvalue weighted by Crippen LogP contribution is -2.52. The van der Waals surface area contributed by atoms with Gasteiger partial charge in [0.1, 0.15) is 0 Å². The maximum atomic E-state index is 12.3. The van der Waals surface area contributed by atoms with Crippen LogP contribution in [-0.2, 0) is 4.79 Å². The third kappa shape index (κ3) is 2.70. The van der Waals surface area contributed by atoms with Crippen LogP contribution in [0.4, 0.5) is 0 Å². The van der Waals surface area contributed by atoms with E-state index in [0.717, 1.165) is 10.9 Å². The Balaban J connectivity index is 2.24. The summed E-state index contributed by atoms with van der Waals surface area (Å²) >= 11 is 5.60. The van der Waals surface area contributed by atoms with Gasteiger partial charge in [-0.25, -0.2) is 0 Å². The first kappa shape index (κ1) is 14.6. The summed E-state index contributed by atoms with van der Waals surface area (Å²) in [6.07, 6.45) is 2.32. The normalized spacial score (nSPS) is 13.9. The van der Waals surface area contributed by atoms with Crippen LogP contribution >= 0.6 is 11.6 Å². The summed E-state index contributed by atoms with van der Waals surface area (Å²) in [7, 11) is 0. The lowest BCUT2D eigenvalue weighted by molar-refractivity contribution is -0.122. The number of alkyl halides is 1. The molecule has 4 nitrogen and oxygen atoms in total. The number of fused-ring (bicyclic) bond motifs is 1. The number of halogens is 1. The molecule has 1 amide bonds. The van der Waals surface area contributed by atoms with Gasteiger partial charge < -0.3 is 10.3 Å². The molecule has 5 heteroatoms. The maximum absolute atomic E-state index is 12.3. The van der Waals surface area contributed by atoms with Crippen molar-refractivity contribution >= 4 is 34.2 Å². The molecule has 2 rings (SSSR count). The number of nitrogens with one attached hydrogen (secondary N) is 2. The zero-order valence-corrected chi connectivity index (χ0v) is 12.3. The Bertz CT molecular complexity index is 650. The smallest absolute Gasteiger partial charge is 0.252 e. The molecule has 0 spiro atoms. The monoisotopic (exact) mass is 292 g/mol. The Morgan fingerprint density at radius 1 is 1.35 bits per heavy atom. The molecule has 1 aromatic heterocycles. The van der Waals surface area contributed by atoms with E-state index in [4.69, 9.17) is 11.6 Å². The summed E-state index contributed by atoms with van der Waals surface area (Å²) in [6, 6.07) is 7.27. The second-order valence-electron chi connectivity index (χ2n) is 4.98. The summed E-state index contributed by atoms with van der Waals surface area (Å²) in [5.41, 5.74) is 0.571. The summed E-state index contributed by atoms with van der Waals surface area (Å²) in [5, 5.41) is 3.74. The van der Waals surface area contributed by atoms with Gasteiger partial charge >= 0.3 is 0 Å². The number of aromatic amines is 1. The van der Waals surface area contributed by atoms with Gasteiger partial charge in [0.05, 0.1) is 11.4 Å². The molecule has 0 saturated heterocycles. The Hall–Kier alpha value is -1.81. The van der Waals surface area contributed by atoms with Crippen LogP contribution in [0.15, 0.2) is 30.5 Å². The van der Waals surface area contributed by atoms with E-state index in [0.29, 0.717) is 12.0 Å². The fourth-order valence-electron chi connectivity index (χ4n) is 2.02. The van der Waals surface area contributed by atoms with Crippen LogP contribution in [0.5, 0.6) is 0 Å². The second-order valence-corrected chi connectivity index (χ2v) is 5.24. The first-order valence-electron chi connectivity index (χ1n) is 6.49. The number of H-pyrrole nitrogens is 1. The van der Waals surface area contributed by atoms with E-state index < -0.39 is 5.54 Å². The van der Waals surface area contributed by atoms with Gasteiger partial charge in [0, 0.05) is 22.7 Å². The summed E-state index contributed by atoms with van der Waals surface area (Å²) in [4.78, 5) is 27.2. The van der Waals surface area contributed by atoms with Crippen molar-refractivity contribution in [2.45, 2.75) is 25.8 Å². The summed E-state index contributed by atoms with van der Waals surface area (Å²) < 4.78 is 0. The van der Waals surface area contributed by atoms with Gasteiger partial charge in [0.25, 0.3) is 5.91 Å². The van der Waals surface area contributed by atoms with E-state index in [2.05, 4.69) is 10.3 Å². The first-order chi connectivity index (χ1) is 9.50. The zero-order valence-electron chi connectivity index (χ0n) is 11.5. The van der Waals surface area contributed by atoms with Crippen LogP contribution < -0.4 is 5.32 Å². The van der Waals surface area contributed by atoms with E-state index in [-0.39, 0.29) is 17.6 Å². The third-order valence-electron chi connectivity index (χ3n) is 3.65. The van der Waals surface area contributed by atoms with Gasteiger partial charge in [-0.2, -0.15) is 0 Å². The average Bonchev–Trinajstić information content (AvgIpc) is 2.93. The van der Waals surface area contributed by atoms with Gasteiger partial charge in [-0.3, -0.25) is 9.59 Å². The highest BCUT2D eigenvalue weighted by molar-refractivity contribution is 6.29. The summed E-state index contributed by atoms with van der Waals surface area (Å²) in [6.45, 7) is 3.55. The quantitative estimate of drug-likeness (QED) is 0.832. The van der Waals surface area contributed by atoms with Crippen molar-refractivity contribution in [2.75, 3.05) is 5.88 Å². The topological polar surface area (TPSA) is 62.0 Å². The molecule has 1 unspecified atom stereocenters. The number of carbonyl (C=O) groups excluding carboxylic acids is 2. The highest BCUT2D eigenvalue weighted by atomic mass is 35.5. The third-order valence-corrected chi connectivity index (χ3v) is 3.89. The average molecular weight is 293 g/mol.